The summed E-state index contributed by atoms with van der Waals surface area (Å²) in [6.45, 7) is -1.63. The van der Waals surface area contributed by atoms with Gasteiger partial charge in [-0.05, 0) is 64.0 Å². The third kappa shape index (κ3) is 3.13. The Morgan fingerprint density at radius 2 is 2.17 bits per heavy atom. The van der Waals surface area contributed by atoms with Crippen LogP contribution in [0, 0.1) is 5.92 Å². The van der Waals surface area contributed by atoms with Crippen LogP contribution in [0.25, 0.3) is 0 Å². The predicted molar refractivity (Wildman–Crippen MR) is 95.3 cm³/mol. The van der Waals surface area contributed by atoms with E-state index in [4.69, 9.17) is 13.0 Å². The second-order valence-corrected chi connectivity index (χ2v) is 7.01. The topological polar surface area (TPSA) is 29.5 Å². The normalized spacial score (nSPS) is 30.1. The lowest BCUT2D eigenvalue weighted by molar-refractivity contribution is 0.0107. The molecule has 0 amide bonds. The van der Waals surface area contributed by atoms with Crippen molar-refractivity contribution in [1.29, 1.82) is 0 Å². The Kier molecular flexibility index (Phi) is 2.82. The van der Waals surface area contributed by atoms with Crippen molar-refractivity contribution in [3.05, 3.63) is 34.9 Å². The van der Waals surface area contributed by atoms with E-state index in [-0.39, 0.29) is 11.5 Å². The van der Waals surface area contributed by atoms with Crippen molar-refractivity contribution in [3.8, 4) is 11.5 Å². The summed E-state index contributed by atoms with van der Waals surface area (Å²) in [6, 6.07) is 3.44. The van der Waals surface area contributed by atoms with E-state index in [0.29, 0.717) is 18.4 Å². The molecular formula is C21H30O2. The molecule has 0 aromatic heterocycles. The lowest BCUT2D eigenvalue weighted by atomic mass is 9.68. The lowest BCUT2D eigenvalue weighted by Gasteiger charge is -2.46. The summed E-state index contributed by atoms with van der Waals surface area (Å²) in [4.78, 5) is 0. The molecule has 23 heavy (non-hydrogen) atoms. The number of benzene rings is 1. The number of hydrogen-bond donors (Lipinski definition) is 1. The molecule has 1 aromatic rings. The number of ether oxygens (including phenoxy) is 1. The Bertz CT molecular complexity index is 780. The third-order valence-corrected chi connectivity index (χ3v) is 5.12. The highest BCUT2D eigenvalue weighted by atomic mass is 16.5. The standard InChI is InChI=1S/C21H30O2/c1-5-6-7-8-15-12-18(22)20-16-11-14(2)9-10-17(16)21(3,4)23-19(20)13-15/h11-13,16-17,22H,5-10H2,1-4H3/t16?,17-/m1/s1/i3D3,4D3. The SMILES string of the molecule is [2H]C([2H])([2H])C1(C([2H])([2H])[2H])Oc2cc(CCCCC)cc(O)c2C2C=C(C)CC[C@H]21. The molecule has 1 heterocycles. The first-order valence-electron chi connectivity index (χ1n) is 11.6. The average molecular weight is 321 g/mol. The van der Waals surface area contributed by atoms with Crippen LogP contribution in [0.3, 0.4) is 0 Å². The largest absolute Gasteiger partial charge is 0.507 e. The number of phenolic OH excluding ortho intramolecular Hbond substituents is 1. The molecule has 0 saturated heterocycles. The zero-order valence-electron chi connectivity index (χ0n) is 20.0. The molecule has 2 aliphatic rings. The molecule has 0 bridgehead atoms. The molecule has 0 spiro atoms. The predicted octanol–water partition coefficient (Wildman–Crippen LogP) is 5.74. The van der Waals surface area contributed by atoms with Gasteiger partial charge in [-0.3, -0.25) is 0 Å². The molecule has 0 fully saturated rings. The first-order chi connectivity index (χ1) is 13.4. The summed E-state index contributed by atoms with van der Waals surface area (Å²) < 4.78 is 54.9. The van der Waals surface area contributed by atoms with Crippen LogP contribution in [0.5, 0.6) is 11.5 Å². The first-order valence-corrected chi connectivity index (χ1v) is 8.64. The second-order valence-electron chi connectivity index (χ2n) is 7.01. The van der Waals surface area contributed by atoms with Gasteiger partial charge in [-0.1, -0.05) is 31.4 Å². The minimum Gasteiger partial charge on any atom is -0.507 e. The van der Waals surface area contributed by atoms with Crippen molar-refractivity contribution in [2.24, 2.45) is 5.92 Å². The number of rotatable bonds is 4. The van der Waals surface area contributed by atoms with Gasteiger partial charge in [-0.25, -0.2) is 0 Å². The van der Waals surface area contributed by atoms with E-state index in [2.05, 4.69) is 6.92 Å². The smallest absolute Gasteiger partial charge is 0.127 e. The maximum absolute atomic E-state index is 10.8. The van der Waals surface area contributed by atoms with Gasteiger partial charge >= 0.3 is 0 Å². The molecule has 3 rings (SSSR count). The number of aromatic hydroxyl groups is 1. The number of allylic oxidation sites excluding steroid dienone is 2. The molecule has 2 atom stereocenters. The first kappa shape index (κ1) is 10.4. The van der Waals surface area contributed by atoms with E-state index >= 15 is 0 Å². The quantitative estimate of drug-likeness (QED) is 0.566. The molecule has 1 aliphatic heterocycles. The molecule has 1 N–H and O–H groups in total. The van der Waals surface area contributed by atoms with E-state index in [9.17, 15) is 5.11 Å². The van der Waals surface area contributed by atoms with Gasteiger partial charge in [0.2, 0.25) is 0 Å². The van der Waals surface area contributed by atoms with Crippen LogP contribution in [0.1, 0.15) is 84.9 Å². The molecule has 0 saturated carbocycles. The fourth-order valence-corrected chi connectivity index (χ4v) is 3.87. The molecular weight excluding hydrogens is 284 g/mol. The van der Waals surface area contributed by atoms with Gasteiger partial charge in [0.1, 0.15) is 17.1 Å². The van der Waals surface area contributed by atoms with Crippen molar-refractivity contribution in [2.75, 3.05) is 0 Å². The summed E-state index contributed by atoms with van der Waals surface area (Å²) in [7, 11) is 0. The van der Waals surface area contributed by atoms with Crippen molar-refractivity contribution in [2.45, 2.75) is 77.6 Å². The minimum atomic E-state index is -2.84. The van der Waals surface area contributed by atoms with Gasteiger partial charge in [0.05, 0.1) is 0 Å². The van der Waals surface area contributed by atoms with Gasteiger partial charge in [-0.15, -0.1) is 0 Å². The van der Waals surface area contributed by atoms with Crippen LogP contribution >= 0.6 is 0 Å². The molecule has 2 nitrogen and oxygen atoms in total. The number of aryl methyl sites for hydroxylation is 1. The van der Waals surface area contributed by atoms with E-state index in [1.165, 1.54) is 0 Å². The van der Waals surface area contributed by atoms with Crippen molar-refractivity contribution < 1.29 is 18.1 Å². The van der Waals surface area contributed by atoms with Gasteiger partial charge in [0, 0.05) is 25.6 Å². The fourth-order valence-electron chi connectivity index (χ4n) is 3.87. The van der Waals surface area contributed by atoms with E-state index in [1.807, 2.05) is 13.0 Å². The Labute approximate surface area is 149 Å². The van der Waals surface area contributed by atoms with Crippen LogP contribution < -0.4 is 4.74 Å². The van der Waals surface area contributed by atoms with Crippen molar-refractivity contribution in [3.63, 3.8) is 0 Å². The Balaban J connectivity index is 2.20. The Morgan fingerprint density at radius 3 is 2.91 bits per heavy atom. The zero-order chi connectivity index (χ0) is 21.6. The van der Waals surface area contributed by atoms with Crippen LogP contribution in [0.15, 0.2) is 23.8 Å². The summed E-state index contributed by atoms with van der Waals surface area (Å²) >= 11 is 0. The van der Waals surface area contributed by atoms with E-state index in [0.717, 1.165) is 36.8 Å². The number of phenols is 1. The molecule has 126 valence electrons. The Hall–Kier alpha value is -1.44. The van der Waals surface area contributed by atoms with Crippen molar-refractivity contribution >= 4 is 0 Å². The van der Waals surface area contributed by atoms with Gasteiger partial charge < -0.3 is 9.84 Å². The molecule has 2 heteroatoms. The van der Waals surface area contributed by atoms with E-state index in [1.54, 1.807) is 12.1 Å². The highest BCUT2D eigenvalue weighted by Crippen LogP contribution is 2.53. The molecule has 1 unspecified atom stereocenters. The monoisotopic (exact) mass is 320 g/mol. The molecule has 0 radical (unpaired) electrons. The number of fused-ring (bicyclic) bond motifs is 3. The lowest BCUT2D eigenvalue weighted by Crippen LogP contribution is -2.45. The second kappa shape index (κ2) is 6.22. The number of hydrogen-bond acceptors (Lipinski definition) is 2. The maximum atomic E-state index is 10.8. The van der Waals surface area contributed by atoms with Crippen LogP contribution in [0.4, 0.5) is 0 Å². The third-order valence-electron chi connectivity index (χ3n) is 5.12. The maximum Gasteiger partial charge on any atom is 0.127 e. The van der Waals surface area contributed by atoms with Gasteiger partial charge in [-0.2, -0.15) is 0 Å². The molecule has 1 aliphatic carbocycles. The zero-order valence-corrected chi connectivity index (χ0v) is 14.0. The van der Waals surface area contributed by atoms with Crippen molar-refractivity contribution in [1.82, 2.24) is 0 Å². The summed E-state index contributed by atoms with van der Waals surface area (Å²) in [5, 5.41) is 10.8. The van der Waals surface area contributed by atoms with Gasteiger partial charge in [0.15, 0.2) is 0 Å². The highest BCUT2D eigenvalue weighted by Gasteiger charge is 2.45. The highest BCUT2D eigenvalue weighted by molar-refractivity contribution is 5.53. The van der Waals surface area contributed by atoms with Gasteiger partial charge in [0.25, 0.3) is 0 Å². The number of unbranched alkanes of at least 4 members (excludes halogenated alkanes) is 2. The summed E-state index contributed by atoms with van der Waals surface area (Å²) in [5.74, 6) is -1.02. The van der Waals surface area contributed by atoms with Crippen LogP contribution in [0.2, 0.25) is 0 Å². The minimum absolute atomic E-state index is 0.0552. The van der Waals surface area contributed by atoms with Crippen LogP contribution in [-0.4, -0.2) is 10.7 Å². The molecule has 1 aromatic carbocycles. The van der Waals surface area contributed by atoms with Crippen LogP contribution in [-0.2, 0) is 6.42 Å². The fraction of sp³-hybridized carbons (Fsp3) is 0.619. The summed E-state index contributed by atoms with van der Waals surface area (Å²) in [6.07, 6.45) is 6.67. The summed E-state index contributed by atoms with van der Waals surface area (Å²) in [5.41, 5.74) is 0.103. The van der Waals surface area contributed by atoms with E-state index < -0.39 is 31.1 Å². The Morgan fingerprint density at radius 1 is 1.35 bits per heavy atom. The average Bonchev–Trinajstić information content (AvgIpc) is 2.58.